The Morgan fingerprint density at radius 1 is 1.39 bits per heavy atom. The van der Waals surface area contributed by atoms with E-state index in [1.165, 1.54) is 30.2 Å². The van der Waals surface area contributed by atoms with Crippen LogP contribution in [0.1, 0.15) is 70.4 Å². The molecule has 1 aromatic rings. The molecule has 1 aliphatic carbocycles. The molecule has 1 heteroatoms. The average molecular weight is 309 g/mol. The first-order valence-electron chi connectivity index (χ1n) is 7.25. The highest BCUT2D eigenvalue weighted by Crippen LogP contribution is 2.46. The van der Waals surface area contributed by atoms with Crippen LogP contribution in [0.4, 0.5) is 0 Å². The van der Waals surface area contributed by atoms with Crippen LogP contribution in [-0.4, -0.2) is 0 Å². The molecule has 2 unspecified atom stereocenters. The molecular weight excluding hydrogens is 284 g/mol. The lowest BCUT2D eigenvalue weighted by Gasteiger charge is -2.39. The topological polar surface area (TPSA) is 0 Å². The predicted octanol–water partition coefficient (Wildman–Crippen LogP) is 6.04. The van der Waals surface area contributed by atoms with Crippen LogP contribution in [0.2, 0.25) is 0 Å². The molecule has 0 saturated heterocycles. The first kappa shape index (κ1) is 14.1. The Hall–Kier alpha value is -0.300. The molecule has 0 radical (unpaired) electrons. The van der Waals surface area contributed by atoms with Crippen molar-refractivity contribution in [1.29, 1.82) is 0 Å². The number of fused-ring (bicyclic) bond motifs is 1. The molecule has 0 heterocycles. The maximum absolute atomic E-state index is 3.64. The Labute approximate surface area is 120 Å². The summed E-state index contributed by atoms with van der Waals surface area (Å²) in [7, 11) is 0. The summed E-state index contributed by atoms with van der Waals surface area (Å²) < 4.78 is 1.23. The molecule has 18 heavy (non-hydrogen) atoms. The molecule has 0 N–H and O–H groups in total. The molecule has 0 nitrogen and oxygen atoms in total. The molecular formula is C17H25Br. The zero-order valence-corrected chi connectivity index (χ0v) is 13.7. The van der Waals surface area contributed by atoms with Gasteiger partial charge in [-0.15, -0.1) is 0 Å². The average Bonchev–Trinajstić information content (AvgIpc) is 2.28. The molecule has 2 rings (SSSR count). The van der Waals surface area contributed by atoms with Crippen LogP contribution in [0, 0.1) is 5.92 Å². The molecule has 1 aromatic carbocycles. The number of benzene rings is 1. The Morgan fingerprint density at radius 3 is 2.78 bits per heavy atom. The summed E-state index contributed by atoms with van der Waals surface area (Å²) in [6.45, 7) is 9.50. The van der Waals surface area contributed by atoms with Gasteiger partial charge in [0.05, 0.1) is 0 Å². The normalized spacial score (nSPS) is 23.5. The lowest BCUT2D eigenvalue weighted by molar-refractivity contribution is 0.321. The van der Waals surface area contributed by atoms with E-state index in [1.807, 2.05) is 0 Å². The van der Waals surface area contributed by atoms with Crippen molar-refractivity contribution in [2.75, 3.05) is 0 Å². The van der Waals surface area contributed by atoms with E-state index in [0.29, 0.717) is 5.41 Å². The van der Waals surface area contributed by atoms with Crippen LogP contribution in [0.25, 0.3) is 0 Å². The van der Waals surface area contributed by atoms with Gasteiger partial charge in [0.25, 0.3) is 0 Å². The monoisotopic (exact) mass is 308 g/mol. The molecule has 0 aliphatic heterocycles. The summed E-state index contributed by atoms with van der Waals surface area (Å²) in [4.78, 5) is 0. The summed E-state index contributed by atoms with van der Waals surface area (Å²) >= 11 is 3.64. The van der Waals surface area contributed by atoms with Gasteiger partial charge in [-0.1, -0.05) is 62.5 Å². The van der Waals surface area contributed by atoms with E-state index in [0.717, 1.165) is 11.8 Å². The second-order valence-corrected chi connectivity index (χ2v) is 7.44. The third kappa shape index (κ3) is 2.66. The van der Waals surface area contributed by atoms with E-state index in [-0.39, 0.29) is 0 Å². The minimum absolute atomic E-state index is 0.346. The fraction of sp³-hybridized carbons (Fsp3) is 0.647. The summed E-state index contributed by atoms with van der Waals surface area (Å²) in [5, 5.41) is 0. The highest BCUT2D eigenvalue weighted by molar-refractivity contribution is 9.10. The highest BCUT2D eigenvalue weighted by atomic mass is 79.9. The zero-order chi connectivity index (χ0) is 13.3. The van der Waals surface area contributed by atoms with Gasteiger partial charge >= 0.3 is 0 Å². The second kappa shape index (κ2) is 5.36. The Kier molecular flexibility index (Phi) is 4.21. The molecule has 0 amide bonds. The Bertz CT molecular complexity index is 420. The third-order valence-electron chi connectivity index (χ3n) is 4.65. The molecule has 0 aromatic heterocycles. The van der Waals surface area contributed by atoms with Gasteiger partial charge in [0.2, 0.25) is 0 Å². The number of hydrogen-bond acceptors (Lipinski definition) is 0. The molecule has 2 atom stereocenters. The lowest BCUT2D eigenvalue weighted by atomic mass is 9.65. The zero-order valence-electron chi connectivity index (χ0n) is 12.1. The minimum atomic E-state index is 0.346. The van der Waals surface area contributed by atoms with Crippen molar-refractivity contribution in [1.82, 2.24) is 0 Å². The Balaban J connectivity index is 2.41. The van der Waals surface area contributed by atoms with Crippen LogP contribution in [0.3, 0.4) is 0 Å². The summed E-state index contributed by atoms with van der Waals surface area (Å²) in [6.07, 6.45) is 5.30. The predicted molar refractivity (Wildman–Crippen MR) is 83.2 cm³/mol. The van der Waals surface area contributed by atoms with Crippen LogP contribution in [0.15, 0.2) is 22.7 Å². The van der Waals surface area contributed by atoms with E-state index in [9.17, 15) is 0 Å². The maximum atomic E-state index is 3.64. The summed E-state index contributed by atoms with van der Waals surface area (Å²) in [5.74, 6) is 1.56. The molecule has 0 fully saturated rings. The molecule has 0 bridgehead atoms. The van der Waals surface area contributed by atoms with Gasteiger partial charge in [0.15, 0.2) is 0 Å². The van der Waals surface area contributed by atoms with Gasteiger partial charge in [-0.05, 0) is 53.4 Å². The quantitative estimate of drug-likeness (QED) is 0.638. The van der Waals surface area contributed by atoms with Crippen molar-refractivity contribution < 1.29 is 0 Å². The fourth-order valence-corrected chi connectivity index (χ4v) is 3.89. The van der Waals surface area contributed by atoms with Crippen molar-refractivity contribution in [3.05, 3.63) is 33.8 Å². The van der Waals surface area contributed by atoms with Gasteiger partial charge < -0.3 is 0 Å². The third-order valence-corrected chi connectivity index (χ3v) is 5.15. The summed E-state index contributed by atoms with van der Waals surface area (Å²) in [5.41, 5.74) is 3.52. The van der Waals surface area contributed by atoms with Crippen LogP contribution >= 0.6 is 15.9 Å². The van der Waals surface area contributed by atoms with E-state index in [4.69, 9.17) is 0 Å². The van der Waals surface area contributed by atoms with Gasteiger partial charge in [0.1, 0.15) is 0 Å². The van der Waals surface area contributed by atoms with Crippen molar-refractivity contribution >= 4 is 15.9 Å². The van der Waals surface area contributed by atoms with Crippen molar-refractivity contribution in [2.24, 2.45) is 5.92 Å². The molecule has 1 aliphatic rings. The summed E-state index contributed by atoms with van der Waals surface area (Å²) in [6, 6.07) is 6.91. The molecule has 100 valence electrons. The van der Waals surface area contributed by atoms with Gasteiger partial charge in [-0.2, -0.15) is 0 Å². The van der Waals surface area contributed by atoms with Crippen molar-refractivity contribution in [3.63, 3.8) is 0 Å². The molecule has 0 saturated carbocycles. The van der Waals surface area contributed by atoms with Crippen molar-refractivity contribution in [2.45, 2.75) is 64.7 Å². The van der Waals surface area contributed by atoms with Crippen LogP contribution in [0.5, 0.6) is 0 Å². The van der Waals surface area contributed by atoms with E-state index in [2.05, 4.69) is 61.8 Å². The standard InChI is InChI=1S/C17H25Br/c1-5-6-12(2)14-9-10-17(3,4)16-8-7-13(18)11-15(14)16/h7-8,11-12,14H,5-6,9-10H2,1-4H3. The lowest BCUT2D eigenvalue weighted by Crippen LogP contribution is -2.28. The number of rotatable bonds is 3. The van der Waals surface area contributed by atoms with E-state index < -0.39 is 0 Å². The second-order valence-electron chi connectivity index (χ2n) is 6.53. The number of halogens is 1. The first-order chi connectivity index (χ1) is 8.45. The largest absolute Gasteiger partial charge is 0.0654 e. The van der Waals surface area contributed by atoms with E-state index >= 15 is 0 Å². The Morgan fingerprint density at radius 2 is 2.11 bits per heavy atom. The van der Waals surface area contributed by atoms with Crippen LogP contribution in [-0.2, 0) is 5.41 Å². The number of hydrogen-bond donors (Lipinski definition) is 0. The molecule has 0 spiro atoms. The minimum Gasteiger partial charge on any atom is -0.0654 e. The maximum Gasteiger partial charge on any atom is 0.0178 e. The van der Waals surface area contributed by atoms with Gasteiger partial charge in [0, 0.05) is 4.47 Å². The highest BCUT2D eigenvalue weighted by Gasteiger charge is 2.34. The van der Waals surface area contributed by atoms with Gasteiger partial charge in [-0.3, -0.25) is 0 Å². The van der Waals surface area contributed by atoms with E-state index in [1.54, 1.807) is 11.1 Å². The van der Waals surface area contributed by atoms with Crippen molar-refractivity contribution in [3.8, 4) is 0 Å². The van der Waals surface area contributed by atoms with Crippen LogP contribution < -0.4 is 0 Å². The van der Waals surface area contributed by atoms with Gasteiger partial charge in [-0.25, -0.2) is 0 Å². The fourth-order valence-electron chi connectivity index (χ4n) is 3.51. The SMILES string of the molecule is CCCC(C)C1CCC(C)(C)c2ccc(Br)cc21. The first-order valence-corrected chi connectivity index (χ1v) is 8.05. The smallest absolute Gasteiger partial charge is 0.0178 e.